The van der Waals surface area contributed by atoms with E-state index in [1.807, 2.05) is 0 Å². The van der Waals surface area contributed by atoms with Gasteiger partial charge in [0, 0.05) is 12.1 Å². The van der Waals surface area contributed by atoms with E-state index in [-0.39, 0.29) is 28.6 Å². The zero-order valence-electron chi connectivity index (χ0n) is 14.5. The maximum atomic E-state index is 13.3. The van der Waals surface area contributed by atoms with Gasteiger partial charge in [-0.05, 0) is 56.0 Å². The zero-order valence-corrected chi connectivity index (χ0v) is 16.1. The summed E-state index contributed by atoms with van der Waals surface area (Å²) in [5.74, 6) is -0.741. The van der Waals surface area contributed by atoms with Crippen molar-refractivity contribution in [3.8, 4) is 0 Å². The van der Waals surface area contributed by atoms with Gasteiger partial charge < -0.3 is 4.90 Å². The summed E-state index contributed by atoms with van der Waals surface area (Å²) >= 11 is 6.06. The molecule has 7 heteroatoms. The molecule has 1 amide bonds. The van der Waals surface area contributed by atoms with Crippen molar-refractivity contribution in [3.05, 3.63) is 64.9 Å². The summed E-state index contributed by atoms with van der Waals surface area (Å²) in [6.45, 7) is 0. The van der Waals surface area contributed by atoms with Crippen LogP contribution >= 0.6 is 11.6 Å². The number of hydrogen-bond acceptors (Lipinski definition) is 3. The molecule has 2 aromatic rings. The Morgan fingerprint density at radius 2 is 1.67 bits per heavy atom. The van der Waals surface area contributed by atoms with Gasteiger partial charge in [-0.1, -0.05) is 29.8 Å². The Kier molecular flexibility index (Phi) is 4.72. The Balaban J connectivity index is 1.58. The number of carbonyl (C=O) groups excluding carboxylic acids is 1. The van der Waals surface area contributed by atoms with Crippen molar-refractivity contribution in [1.29, 1.82) is 0 Å². The number of nitrogens with zero attached hydrogens (tertiary/aromatic N) is 1. The molecule has 0 N–H and O–H groups in total. The Morgan fingerprint density at radius 3 is 2.26 bits per heavy atom. The van der Waals surface area contributed by atoms with Gasteiger partial charge in [-0.15, -0.1) is 0 Å². The summed E-state index contributed by atoms with van der Waals surface area (Å²) in [6.07, 6.45) is 2.38. The van der Waals surface area contributed by atoms with Crippen molar-refractivity contribution >= 4 is 27.3 Å². The van der Waals surface area contributed by atoms with Gasteiger partial charge in [0.25, 0.3) is 5.91 Å². The van der Waals surface area contributed by atoms with Crippen LogP contribution < -0.4 is 0 Å². The summed E-state index contributed by atoms with van der Waals surface area (Å²) in [6, 6.07) is 11.9. The smallest absolute Gasteiger partial charge is 0.255 e. The van der Waals surface area contributed by atoms with Crippen molar-refractivity contribution in [2.75, 3.05) is 0 Å². The standard InChI is InChI=1S/C20H19ClFNO3S/c21-19-10-13(22)6-9-18(19)20(24)23-14-7-8-15(23)12-17(11-14)27(25,26)16-4-2-1-3-5-16/h1-6,9-10,14-15,17H,7-8,11-12H2. The van der Waals surface area contributed by atoms with Crippen molar-refractivity contribution in [2.24, 2.45) is 0 Å². The number of fused-ring (bicyclic) bond motifs is 2. The van der Waals surface area contributed by atoms with Gasteiger partial charge in [0.05, 0.1) is 20.7 Å². The topological polar surface area (TPSA) is 54.5 Å². The summed E-state index contributed by atoms with van der Waals surface area (Å²) in [5.41, 5.74) is 0.263. The predicted molar refractivity (Wildman–Crippen MR) is 101 cm³/mol. The lowest BCUT2D eigenvalue weighted by atomic mass is 10.0. The number of sulfone groups is 1. The Morgan fingerprint density at radius 1 is 1.04 bits per heavy atom. The Labute approximate surface area is 162 Å². The van der Waals surface area contributed by atoms with E-state index in [0.29, 0.717) is 17.7 Å². The molecule has 0 spiro atoms. The van der Waals surface area contributed by atoms with E-state index in [2.05, 4.69) is 0 Å². The summed E-state index contributed by atoms with van der Waals surface area (Å²) in [7, 11) is -3.43. The van der Waals surface area contributed by atoms with E-state index in [0.717, 1.165) is 18.9 Å². The molecule has 0 radical (unpaired) electrons. The fraction of sp³-hybridized carbons (Fsp3) is 0.350. The summed E-state index contributed by atoms with van der Waals surface area (Å²) in [5, 5.41) is -0.413. The van der Waals surface area contributed by atoms with Gasteiger partial charge in [0.2, 0.25) is 0 Å². The van der Waals surface area contributed by atoms with Gasteiger partial charge in [-0.3, -0.25) is 4.79 Å². The fourth-order valence-electron chi connectivity index (χ4n) is 4.32. The molecule has 2 heterocycles. The van der Waals surface area contributed by atoms with E-state index in [4.69, 9.17) is 11.6 Å². The molecule has 2 aromatic carbocycles. The zero-order chi connectivity index (χ0) is 19.2. The van der Waals surface area contributed by atoms with Gasteiger partial charge in [-0.2, -0.15) is 0 Å². The van der Waals surface area contributed by atoms with Crippen LogP contribution in [0.2, 0.25) is 5.02 Å². The monoisotopic (exact) mass is 407 g/mol. The molecule has 2 unspecified atom stereocenters. The van der Waals surface area contributed by atoms with E-state index >= 15 is 0 Å². The van der Waals surface area contributed by atoms with Crippen LogP contribution in [0.15, 0.2) is 53.4 Å². The molecule has 2 bridgehead atoms. The number of halogens is 2. The van der Waals surface area contributed by atoms with Crippen LogP contribution in [-0.4, -0.2) is 36.6 Å². The van der Waals surface area contributed by atoms with E-state index < -0.39 is 20.9 Å². The molecule has 4 rings (SSSR count). The number of amides is 1. The lowest BCUT2D eigenvalue weighted by Crippen LogP contribution is -2.49. The highest BCUT2D eigenvalue weighted by molar-refractivity contribution is 7.92. The second kappa shape index (κ2) is 6.91. The van der Waals surface area contributed by atoms with Crippen molar-refractivity contribution < 1.29 is 17.6 Å². The van der Waals surface area contributed by atoms with Crippen LogP contribution in [0.1, 0.15) is 36.0 Å². The highest BCUT2D eigenvalue weighted by Gasteiger charge is 2.47. The molecule has 2 fully saturated rings. The molecule has 2 saturated heterocycles. The first-order chi connectivity index (χ1) is 12.9. The number of carbonyl (C=O) groups is 1. The molecule has 2 aliphatic rings. The Hall–Kier alpha value is -1.92. The van der Waals surface area contributed by atoms with Crippen LogP contribution in [0.25, 0.3) is 0 Å². The third-order valence-electron chi connectivity index (χ3n) is 5.60. The second-order valence-corrected chi connectivity index (χ2v) is 9.81. The number of rotatable bonds is 3. The third-order valence-corrected chi connectivity index (χ3v) is 8.10. The van der Waals surface area contributed by atoms with Crippen LogP contribution in [0, 0.1) is 5.82 Å². The minimum Gasteiger partial charge on any atom is -0.333 e. The van der Waals surface area contributed by atoms with Crippen molar-refractivity contribution in [2.45, 2.75) is 47.9 Å². The lowest BCUT2D eigenvalue weighted by molar-refractivity contribution is 0.0598. The molecule has 0 aromatic heterocycles. The van der Waals surface area contributed by atoms with Gasteiger partial charge in [0.15, 0.2) is 9.84 Å². The van der Waals surface area contributed by atoms with Crippen molar-refractivity contribution in [1.82, 2.24) is 4.90 Å². The third kappa shape index (κ3) is 3.25. The Bertz CT molecular complexity index is 966. The molecule has 2 atom stereocenters. The first-order valence-electron chi connectivity index (χ1n) is 8.94. The van der Waals surface area contributed by atoms with Crippen LogP contribution in [0.3, 0.4) is 0 Å². The minimum atomic E-state index is -3.43. The highest BCUT2D eigenvalue weighted by Crippen LogP contribution is 2.41. The van der Waals surface area contributed by atoms with E-state index in [1.54, 1.807) is 35.2 Å². The molecule has 0 aliphatic carbocycles. The van der Waals surface area contributed by atoms with Gasteiger partial charge in [0.1, 0.15) is 5.82 Å². The van der Waals surface area contributed by atoms with Crippen LogP contribution in [0.5, 0.6) is 0 Å². The lowest BCUT2D eigenvalue weighted by Gasteiger charge is -2.38. The number of benzene rings is 2. The predicted octanol–water partition coefficient (Wildman–Crippen LogP) is 4.09. The minimum absolute atomic E-state index is 0.0819. The maximum absolute atomic E-state index is 13.3. The SMILES string of the molecule is O=C(c1ccc(F)cc1Cl)N1C2CCC1CC(S(=O)(=O)c1ccccc1)C2. The van der Waals surface area contributed by atoms with Crippen LogP contribution in [-0.2, 0) is 9.84 Å². The normalized spacial score (nSPS) is 24.8. The molecule has 0 saturated carbocycles. The molecule has 2 aliphatic heterocycles. The first kappa shape index (κ1) is 18.4. The summed E-state index contributed by atoms with van der Waals surface area (Å²) < 4.78 is 39.2. The van der Waals surface area contributed by atoms with Gasteiger partial charge >= 0.3 is 0 Å². The highest BCUT2D eigenvalue weighted by atomic mass is 35.5. The van der Waals surface area contributed by atoms with Crippen molar-refractivity contribution in [3.63, 3.8) is 0 Å². The number of hydrogen-bond donors (Lipinski definition) is 0. The number of piperidine rings is 1. The second-order valence-electron chi connectivity index (χ2n) is 7.17. The van der Waals surface area contributed by atoms with Crippen LogP contribution in [0.4, 0.5) is 4.39 Å². The largest absolute Gasteiger partial charge is 0.333 e. The van der Waals surface area contributed by atoms with Gasteiger partial charge in [-0.25, -0.2) is 12.8 Å². The maximum Gasteiger partial charge on any atom is 0.255 e. The molecular formula is C20H19ClFNO3S. The molecule has 4 nitrogen and oxygen atoms in total. The fourth-order valence-corrected chi connectivity index (χ4v) is 6.44. The molecule has 142 valence electrons. The van der Waals surface area contributed by atoms with E-state index in [9.17, 15) is 17.6 Å². The average molecular weight is 408 g/mol. The summed E-state index contributed by atoms with van der Waals surface area (Å²) in [4.78, 5) is 15.1. The quantitative estimate of drug-likeness (QED) is 0.770. The average Bonchev–Trinajstić information content (AvgIpc) is 2.91. The first-order valence-corrected chi connectivity index (χ1v) is 10.9. The molecule has 27 heavy (non-hydrogen) atoms. The van der Waals surface area contributed by atoms with E-state index in [1.165, 1.54) is 12.1 Å². The molecular weight excluding hydrogens is 389 g/mol.